The normalized spacial score (nSPS) is 12.2. The number of rotatable bonds is 4. The van der Waals surface area contributed by atoms with Crippen molar-refractivity contribution in [2.24, 2.45) is 5.92 Å². The van der Waals surface area contributed by atoms with Gasteiger partial charge in [-0.15, -0.1) is 0 Å². The first-order valence-electron chi connectivity index (χ1n) is 5.52. The molecule has 0 aliphatic heterocycles. The van der Waals surface area contributed by atoms with E-state index in [4.69, 9.17) is 5.11 Å². The van der Waals surface area contributed by atoms with Crippen LogP contribution in [0.1, 0.15) is 29.8 Å². The predicted molar refractivity (Wildman–Crippen MR) is 64.9 cm³/mol. The Labute approximate surface area is 101 Å². The van der Waals surface area contributed by atoms with Crippen LogP contribution in [0.5, 0.6) is 0 Å². The number of amides is 1. The molecule has 1 atom stereocenters. The maximum Gasteiger partial charge on any atom is 0.326 e. The van der Waals surface area contributed by atoms with Gasteiger partial charge < -0.3 is 10.4 Å². The van der Waals surface area contributed by atoms with Crippen LogP contribution in [0.25, 0.3) is 0 Å². The zero-order valence-corrected chi connectivity index (χ0v) is 10.2. The second-order valence-electron chi connectivity index (χ2n) is 4.35. The summed E-state index contributed by atoms with van der Waals surface area (Å²) in [5.74, 6) is -1.51. The monoisotopic (exact) mass is 235 g/mol. The van der Waals surface area contributed by atoms with Gasteiger partial charge in [-0.3, -0.25) is 4.79 Å². The molecule has 4 heteroatoms. The Balaban J connectivity index is 2.85. The molecule has 0 heterocycles. The van der Waals surface area contributed by atoms with Crippen molar-refractivity contribution < 1.29 is 14.7 Å². The Morgan fingerprint density at radius 2 is 1.82 bits per heavy atom. The summed E-state index contributed by atoms with van der Waals surface area (Å²) in [6.07, 6.45) is 0. The predicted octanol–water partition coefficient (Wildman–Crippen LogP) is 1.83. The SMILES string of the molecule is Cc1ccccc1C(=O)N[C@@H](C(=O)O)C(C)C. The van der Waals surface area contributed by atoms with Crippen LogP contribution >= 0.6 is 0 Å². The minimum absolute atomic E-state index is 0.152. The highest BCUT2D eigenvalue weighted by atomic mass is 16.4. The standard InChI is InChI=1S/C13H17NO3/c1-8(2)11(13(16)17)14-12(15)10-7-5-4-6-9(10)3/h4-8,11H,1-3H3,(H,14,15)(H,16,17)/t11-/m1/s1. The number of carbonyl (C=O) groups is 2. The number of nitrogens with one attached hydrogen (secondary N) is 1. The van der Waals surface area contributed by atoms with Gasteiger partial charge >= 0.3 is 5.97 Å². The lowest BCUT2D eigenvalue weighted by atomic mass is 10.0. The van der Waals surface area contributed by atoms with E-state index < -0.39 is 12.0 Å². The van der Waals surface area contributed by atoms with Gasteiger partial charge in [-0.2, -0.15) is 0 Å². The molecular weight excluding hydrogens is 218 g/mol. The summed E-state index contributed by atoms with van der Waals surface area (Å²) in [6, 6.07) is 6.24. The van der Waals surface area contributed by atoms with E-state index in [0.717, 1.165) is 5.56 Å². The Kier molecular flexibility index (Phi) is 4.26. The Morgan fingerprint density at radius 3 is 2.29 bits per heavy atom. The number of aryl methyl sites for hydroxylation is 1. The topological polar surface area (TPSA) is 66.4 Å². The van der Waals surface area contributed by atoms with Gasteiger partial charge in [0.05, 0.1) is 0 Å². The molecule has 0 spiro atoms. The molecule has 1 aromatic carbocycles. The molecule has 0 aliphatic carbocycles. The van der Waals surface area contributed by atoms with Crippen molar-refractivity contribution in [1.82, 2.24) is 5.32 Å². The molecule has 1 rings (SSSR count). The molecule has 17 heavy (non-hydrogen) atoms. The van der Waals surface area contributed by atoms with Gasteiger partial charge in [0, 0.05) is 5.56 Å². The zero-order valence-electron chi connectivity index (χ0n) is 10.2. The van der Waals surface area contributed by atoms with Crippen LogP contribution in [0.3, 0.4) is 0 Å². The summed E-state index contributed by atoms with van der Waals surface area (Å²) in [5.41, 5.74) is 1.34. The van der Waals surface area contributed by atoms with E-state index in [2.05, 4.69) is 5.32 Å². The van der Waals surface area contributed by atoms with E-state index in [1.807, 2.05) is 19.1 Å². The molecule has 0 radical (unpaired) electrons. The highest BCUT2D eigenvalue weighted by molar-refractivity contribution is 5.97. The lowest BCUT2D eigenvalue weighted by Gasteiger charge is -2.18. The quantitative estimate of drug-likeness (QED) is 0.836. The molecule has 0 saturated carbocycles. The third-order valence-electron chi connectivity index (χ3n) is 2.61. The Bertz CT molecular complexity index is 426. The molecule has 4 nitrogen and oxygen atoms in total. The first-order chi connectivity index (χ1) is 7.93. The minimum Gasteiger partial charge on any atom is -0.480 e. The molecule has 2 N–H and O–H groups in total. The number of carboxylic acids is 1. The van der Waals surface area contributed by atoms with Crippen LogP contribution in [-0.4, -0.2) is 23.0 Å². The van der Waals surface area contributed by atoms with Gasteiger partial charge in [0.15, 0.2) is 0 Å². The molecule has 0 unspecified atom stereocenters. The van der Waals surface area contributed by atoms with Crippen LogP contribution in [-0.2, 0) is 4.79 Å². The summed E-state index contributed by atoms with van der Waals surface area (Å²) in [4.78, 5) is 22.9. The maximum absolute atomic E-state index is 11.9. The molecule has 0 aliphatic rings. The van der Waals surface area contributed by atoms with Crippen molar-refractivity contribution >= 4 is 11.9 Å². The average molecular weight is 235 g/mol. The van der Waals surface area contributed by atoms with Crippen LogP contribution in [0.15, 0.2) is 24.3 Å². The maximum atomic E-state index is 11.9. The first kappa shape index (κ1) is 13.2. The number of benzene rings is 1. The number of carbonyl (C=O) groups excluding carboxylic acids is 1. The third kappa shape index (κ3) is 3.31. The van der Waals surface area contributed by atoms with Crippen molar-refractivity contribution in [1.29, 1.82) is 0 Å². The molecule has 1 amide bonds. The van der Waals surface area contributed by atoms with Gasteiger partial charge in [0.25, 0.3) is 5.91 Å². The number of carboxylic acid groups (broad SMARTS) is 1. The summed E-state index contributed by atoms with van der Waals surface area (Å²) in [5, 5.41) is 11.5. The molecule has 0 bridgehead atoms. The first-order valence-corrected chi connectivity index (χ1v) is 5.52. The second-order valence-corrected chi connectivity index (χ2v) is 4.35. The smallest absolute Gasteiger partial charge is 0.326 e. The fraction of sp³-hybridized carbons (Fsp3) is 0.385. The number of hydrogen-bond donors (Lipinski definition) is 2. The summed E-state index contributed by atoms with van der Waals surface area (Å²) in [6.45, 7) is 5.34. The largest absolute Gasteiger partial charge is 0.480 e. The summed E-state index contributed by atoms with van der Waals surface area (Å²) < 4.78 is 0. The van der Waals surface area contributed by atoms with E-state index >= 15 is 0 Å². The minimum atomic E-state index is -1.01. The van der Waals surface area contributed by atoms with Crippen LogP contribution in [0.4, 0.5) is 0 Å². The van der Waals surface area contributed by atoms with Gasteiger partial charge in [-0.25, -0.2) is 4.79 Å². The van der Waals surface area contributed by atoms with Gasteiger partial charge in [-0.05, 0) is 24.5 Å². The van der Waals surface area contributed by atoms with E-state index in [9.17, 15) is 9.59 Å². The van der Waals surface area contributed by atoms with Crippen molar-refractivity contribution in [3.63, 3.8) is 0 Å². The number of aliphatic carboxylic acids is 1. The third-order valence-corrected chi connectivity index (χ3v) is 2.61. The molecule has 0 saturated heterocycles. The highest BCUT2D eigenvalue weighted by Crippen LogP contribution is 2.09. The van der Waals surface area contributed by atoms with E-state index in [-0.39, 0.29) is 11.8 Å². The van der Waals surface area contributed by atoms with Crippen LogP contribution in [0.2, 0.25) is 0 Å². The molecule has 0 fully saturated rings. The van der Waals surface area contributed by atoms with Crippen molar-refractivity contribution in [2.75, 3.05) is 0 Å². The van der Waals surface area contributed by atoms with Crippen LogP contribution in [0, 0.1) is 12.8 Å². The highest BCUT2D eigenvalue weighted by Gasteiger charge is 2.24. The fourth-order valence-electron chi connectivity index (χ4n) is 1.56. The van der Waals surface area contributed by atoms with Gasteiger partial charge in [0.2, 0.25) is 0 Å². The summed E-state index contributed by atoms with van der Waals surface area (Å²) in [7, 11) is 0. The fourth-order valence-corrected chi connectivity index (χ4v) is 1.56. The average Bonchev–Trinajstić information content (AvgIpc) is 2.25. The molecule has 1 aromatic rings. The van der Waals surface area contributed by atoms with E-state index in [1.165, 1.54) is 0 Å². The van der Waals surface area contributed by atoms with E-state index in [1.54, 1.807) is 26.0 Å². The number of hydrogen-bond acceptors (Lipinski definition) is 2. The Hall–Kier alpha value is -1.84. The second kappa shape index (κ2) is 5.48. The van der Waals surface area contributed by atoms with Crippen molar-refractivity contribution in [3.05, 3.63) is 35.4 Å². The van der Waals surface area contributed by atoms with Crippen molar-refractivity contribution in [3.8, 4) is 0 Å². The van der Waals surface area contributed by atoms with E-state index in [0.29, 0.717) is 5.56 Å². The van der Waals surface area contributed by atoms with Gasteiger partial charge in [0.1, 0.15) is 6.04 Å². The molecule has 92 valence electrons. The summed E-state index contributed by atoms with van der Waals surface area (Å²) >= 11 is 0. The van der Waals surface area contributed by atoms with Gasteiger partial charge in [-0.1, -0.05) is 32.0 Å². The lowest BCUT2D eigenvalue weighted by Crippen LogP contribution is -2.44. The molecular formula is C13H17NO3. The molecule has 0 aromatic heterocycles. The zero-order chi connectivity index (χ0) is 13.0. The van der Waals surface area contributed by atoms with Crippen molar-refractivity contribution in [2.45, 2.75) is 26.8 Å². The lowest BCUT2D eigenvalue weighted by molar-refractivity contribution is -0.140. The Morgan fingerprint density at radius 1 is 1.24 bits per heavy atom. The van der Waals surface area contributed by atoms with Crippen LogP contribution < -0.4 is 5.32 Å².